The Hall–Kier alpha value is -3.35. The molecule has 0 saturated heterocycles. The van der Waals surface area contributed by atoms with Gasteiger partial charge < -0.3 is 4.90 Å². The molecule has 0 spiro atoms. The highest BCUT2D eigenvalue weighted by atomic mass is 79.9. The van der Waals surface area contributed by atoms with Crippen molar-refractivity contribution < 1.29 is 9.59 Å². The summed E-state index contributed by atoms with van der Waals surface area (Å²) in [5.41, 5.74) is 2.76. The van der Waals surface area contributed by atoms with E-state index in [1.165, 1.54) is 4.90 Å². The molecule has 0 saturated carbocycles. The minimum atomic E-state index is -0.264. The van der Waals surface area contributed by atoms with Crippen molar-refractivity contribution in [2.45, 2.75) is 0 Å². The maximum atomic E-state index is 13.7. The maximum Gasteiger partial charge on any atom is 0.262 e. The highest BCUT2D eigenvalue weighted by Crippen LogP contribution is 2.39. The summed E-state index contributed by atoms with van der Waals surface area (Å²) in [5.74, 6) is -0.506. The first kappa shape index (κ1) is 21.5. The van der Waals surface area contributed by atoms with Crippen LogP contribution < -0.4 is 0 Å². The van der Waals surface area contributed by atoms with Gasteiger partial charge in [-0.1, -0.05) is 58.4 Å². The zero-order valence-electron chi connectivity index (χ0n) is 18.4. The Bertz CT molecular complexity index is 1460. The lowest BCUT2D eigenvalue weighted by atomic mass is 9.89. The molecule has 0 aliphatic carbocycles. The van der Waals surface area contributed by atoms with Crippen LogP contribution >= 0.6 is 15.9 Å². The molecule has 0 aromatic heterocycles. The number of halogens is 1. The number of amides is 2. The Kier molecular flexibility index (Phi) is 5.56. The predicted octanol–water partition coefficient (Wildman–Crippen LogP) is 5.66. The van der Waals surface area contributed by atoms with Crippen LogP contribution in [0.15, 0.2) is 76.2 Å². The first-order valence-electron chi connectivity index (χ1n) is 10.7. The van der Waals surface area contributed by atoms with Crippen molar-refractivity contribution in [2.75, 3.05) is 27.2 Å². The van der Waals surface area contributed by atoms with Crippen LogP contribution in [0.2, 0.25) is 0 Å². The van der Waals surface area contributed by atoms with Gasteiger partial charge in [0.2, 0.25) is 0 Å². The predicted molar refractivity (Wildman–Crippen MR) is 137 cm³/mol. The van der Waals surface area contributed by atoms with Gasteiger partial charge in [0.05, 0.1) is 11.3 Å². The number of aliphatic imine (C=N–C) groups is 1. The third-order valence-electron chi connectivity index (χ3n) is 5.94. The zero-order valence-corrected chi connectivity index (χ0v) is 20.0. The largest absolute Gasteiger partial charge is 0.308 e. The first-order valence-corrected chi connectivity index (χ1v) is 11.5. The number of imide groups is 1. The molecule has 4 aromatic rings. The topological polar surface area (TPSA) is 53.0 Å². The number of nitrogens with zero attached hydrogens (tertiary/aromatic N) is 3. The monoisotopic (exact) mass is 499 g/mol. The second-order valence-corrected chi connectivity index (χ2v) is 9.23. The van der Waals surface area contributed by atoms with Gasteiger partial charge in [0.1, 0.15) is 0 Å². The van der Waals surface area contributed by atoms with E-state index in [4.69, 9.17) is 4.99 Å². The number of hydrogen-bond donors (Lipinski definition) is 0. The van der Waals surface area contributed by atoms with Gasteiger partial charge in [0.15, 0.2) is 0 Å². The van der Waals surface area contributed by atoms with Crippen LogP contribution in [-0.2, 0) is 0 Å². The molecule has 6 heteroatoms. The molecule has 0 fully saturated rings. The summed E-state index contributed by atoms with van der Waals surface area (Å²) in [4.78, 5) is 35.1. The SMILES string of the molecule is CN(C)CCN1C(=O)c2cccc3cc4cccc(N=Cc5ccccc5Br)c4c(c23)C1=O. The van der Waals surface area contributed by atoms with Crippen LogP contribution in [0, 0.1) is 0 Å². The number of rotatable bonds is 5. The molecule has 1 aliphatic rings. The molecule has 0 bridgehead atoms. The second-order valence-electron chi connectivity index (χ2n) is 8.38. The number of carbonyl (C=O) groups is 2. The molecule has 5 rings (SSSR count). The molecule has 2 amide bonds. The van der Waals surface area contributed by atoms with Crippen molar-refractivity contribution >= 4 is 61.2 Å². The standard InChI is InChI=1S/C27H22BrN3O2/c1-30(2)13-14-31-26(32)20-10-5-8-17-15-18-9-6-12-22(24(18)25(23(17)20)27(31)33)29-16-19-7-3-4-11-21(19)28/h3-12,15-16H,13-14H2,1-2H3. The van der Waals surface area contributed by atoms with E-state index in [0.29, 0.717) is 35.3 Å². The summed E-state index contributed by atoms with van der Waals surface area (Å²) >= 11 is 3.56. The minimum absolute atomic E-state index is 0.242. The van der Waals surface area contributed by atoms with Crippen molar-refractivity contribution in [1.29, 1.82) is 0 Å². The summed E-state index contributed by atoms with van der Waals surface area (Å²) in [5, 5.41) is 3.29. The Morgan fingerprint density at radius 3 is 2.39 bits per heavy atom. The normalized spacial score (nSPS) is 13.8. The molecule has 164 valence electrons. The molecule has 0 unspecified atom stereocenters. The molecule has 0 radical (unpaired) electrons. The van der Waals surface area contributed by atoms with Crippen molar-refractivity contribution in [3.63, 3.8) is 0 Å². The van der Waals surface area contributed by atoms with Crippen LogP contribution in [0.3, 0.4) is 0 Å². The molecule has 0 atom stereocenters. The third-order valence-corrected chi connectivity index (χ3v) is 6.66. The van der Waals surface area contributed by atoms with Gasteiger partial charge in [0.25, 0.3) is 11.8 Å². The lowest BCUT2D eigenvalue weighted by molar-refractivity contribution is 0.0602. The van der Waals surface area contributed by atoms with Gasteiger partial charge in [-0.25, -0.2) is 0 Å². The third kappa shape index (κ3) is 3.75. The molecular formula is C27H22BrN3O2. The van der Waals surface area contributed by atoms with Crippen LogP contribution in [0.1, 0.15) is 26.3 Å². The molecule has 33 heavy (non-hydrogen) atoms. The van der Waals surface area contributed by atoms with Crippen LogP contribution in [-0.4, -0.2) is 55.0 Å². The van der Waals surface area contributed by atoms with E-state index < -0.39 is 0 Å². The van der Waals surface area contributed by atoms with Crippen molar-refractivity contribution in [3.05, 3.63) is 87.9 Å². The molecular weight excluding hydrogens is 478 g/mol. The van der Waals surface area contributed by atoms with Gasteiger partial charge in [-0.15, -0.1) is 0 Å². The van der Waals surface area contributed by atoms with Crippen LogP contribution in [0.5, 0.6) is 0 Å². The molecule has 1 aliphatic heterocycles. The average Bonchev–Trinajstić information content (AvgIpc) is 2.80. The fourth-order valence-electron chi connectivity index (χ4n) is 4.31. The van der Waals surface area contributed by atoms with Crippen LogP contribution in [0.4, 0.5) is 5.69 Å². The van der Waals surface area contributed by atoms with E-state index in [9.17, 15) is 9.59 Å². The minimum Gasteiger partial charge on any atom is -0.308 e. The Morgan fingerprint density at radius 1 is 0.909 bits per heavy atom. The van der Waals surface area contributed by atoms with Crippen molar-refractivity contribution in [1.82, 2.24) is 9.80 Å². The summed E-state index contributed by atoms with van der Waals surface area (Å²) in [6.45, 7) is 0.930. The maximum absolute atomic E-state index is 13.7. The Balaban J connectivity index is 1.76. The lowest BCUT2D eigenvalue weighted by Crippen LogP contribution is -2.43. The summed E-state index contributed by atoms with van der Waals surface area (Å²) < 4.78 is 0.944. The highest BCUT2D eigenvalue weighted by Gasteiger charge is 2.34. The summed E-state index contributed by atoms with van der Waals surface area (Å²) in [7, 11) is 3.86. The number of hydrogen-bond acceptors (Lipinski definition) is 4. The lowest BCUT2D eigenvalue weighted by Gasteiger charge is -2.29. The van der Waals surface area contributed by atoms with Crippen molar-refractivity contribution in [3.8, 4) is 0 Å². The average molecular weight is 500 g/mol. The number of benzene rings is 4. The van der Waals surface area contributed by atoms with Gasteiger partial charge in [0, 0.05) is 45.7 Å². The summed E-state index contributed by atoms with van der Waals surface area (Å²) in [6, 6.07) is 21.4. The first-order chi connectivity index (χ1) is 16.0. The molecule has 1 heterocycles. The fourth-order valence-corrected chi connectivity index (χ4v) is 4.69. The number of fused-ring (bicyclic) bond motifs is 2. The van der Waals surface area contributed by atoms with E-state index in [-0.39, 0.29) is 11.8 Å². The summed E-state index contributed by atoms with van der Waals surface area (Å²) in [6.07, 6.45) is 1.80. The van der Waals surface area contributed by atoms with Gasteiger partial charge >= 0.3 is 0 Å². The van der Waals surface area contributed by atoms with E-state index in [0.717, 1.165) is 26.2 Å². The fraction of sp³-hybridized carbons (Fsp3) is 0.148. The number of carbonyl (C=O) groups excluding carboxylic acids is 2. The van der Waals surface area contributed by atoms with Crippen molar-refractivity contribution in [2.24, 2.45) is 4.99 Å². The Labute approximate surface area is 200 Å². The molecule has 5 nitrogen and oxygen atoms in total. The van der Waals surface area contributed by atoms with Gasteiger partial charge in [-0.3, -0.25) is 19.5 Å². The van der Waals surface area contributed by atoms with E-state index in [1.54, 1.807) is 6.21 Å². The number of likely N-dealkylation sites (N-methyl/N-ethyl adjacent to an activating group) is 1. The second kappa shape index (κ2) is 8.54. The Morgan fingerprint density at radius 2 is 1.64 bits per heavy atom. The van der Waals surface area contributed by atoms with E-state index >= 15 is 0 Å². The highest BCUT2D eigenvalue weighted by molar-refractivity contribution is 9.10. The van der Waals surface area contributed by atoms with E-state index in [2.05, 4.69) is 15.9 Å². The zero-order chi connectivity index (χ0) is 23.1. The molecule has 4 aromatic carbocycles. The quantitative estimate of drug-likeness (QED) is 0.202. The van der Waals surface area contributed by atoms with Gasteiger partial charge in [-0.2, -0.15) is 0 Å². The van der Waals surface area contributed by atoms with Gasteiger partial charge in [-0.05, 0) is 49.1 Å². The van der Waals surface area contributed by atoms with Crippen LogP contribution in [0.25, 0.3) is 21.5 Å². The smallest absolute Gasteiger partial charge is 0.262 e. The van der Waals surface area contributed by atoms with E-state index in [1.807, 2.05) is 85.7 Å². The molecule has 0 N–H and O–H groups in total.